The summed E-state index contributed by atoms with van der Waals surface area (Å²) in [6.45, 7) is 6.18. The van der Waals surface area contributed by atoms with E-state index in [1.807, 2.05) is 29.8 Å². The molecule has 3 saturated heterocycles. The minimum atomic E-state index is -0.687. The Hall–Kier alpha value is -5.23. The number of carbonyl (C=O) groups is 4. The Bertz CT molecular complexity index is 1930. The fourth-order valence-electron chi connectivity index (χ4n) is 8.79. The van der Waals surface area contributed by atoms with Crippen LogP contribution in [0.4, 0.5) is 9.59 Å². The number of ether oxygens (including phenoxy) is 3. The van der Waals surface area contributed by atoms with Gasteiger partial charge in [-0.1, -0.05) is 74.5 Å². The number of amides is 4. The Labute approximate surface area is 329 Å². The van der Waals surface area contributed by atoms with Crippen LogP contribution in [0.15, 0.2) is 77.4 Å². The number of hydrogen-bond acceptors (Lipinski definition) is 8. The van der Waals surface area contributed by atoms with E-state index in [4.69, 9.17) is 19.2 Å². The molecule has 2 unspecified atom stereocenters. The van der Waals surface area contributed by atoms with E-state index in [9.17, 15) is 19.2 Å². The maximum Gasteiger partial charge on any atom is 0.407 e. The number of likely N-dealkylation sites (tertiary alicyclic amines) is 2. The first-order valence-corrected chi connectivity index (χ1v) is 19.9. The number of rotatable bonds is 11. The molecule has 0 spiro atoms. The molecular weight excluding hydrogens is 711 g/mol. The Morgan fingerprint density at radius 1 is 0.732 bits per heavy atom. The van der Waals surface area contributed by atoms with Gasteiger partial charge in [0.05, 0.1) is 32.9 Å². The van der Waals surface area contributed by atoms with E-state index in [-0.39, 0.29) is 35.7 Å². The number of alkyl carbamates (subject to hydrolysis) is 2. The van der Waals surface area contributed by atoms with Gasteiger partial charge in [0.1, 0.15) is 12.1 Å². The van der Waals surface area contributed by atoms with Gasteiger partial charge >= 0.3 is 12.2 Å². The van der Waals surface area contributed by atoms with Crippen LogP contribution in [-0.2, 0) is 23.8 Å². The second-order valence-electron chi connectivity index (χ2n) is 15.7. The molecule has 0 bridgehead atoms. The van der Waals surface area contributed by atoms with Gasteiger partial charge in [0.15, 0.2) is 0 Å². The number of methoxy groups -OCH3 is 2. The van der Waals surface area contributed by atoms with Gasteiger partial charge in [-0.2, -0.15) is 0 Å². The molecule has 0 aromatic heterocycles. The predicted molar refractivity (Wildman–Crippen MR) is 214 cm³/mol. The highest BCUT2D eigenvalue weighted by molar-refractivity contribution is 6.04. The van der Waals surface area contributed by atoms with E-state index in [2.05, 4.69) is 71.3 Å². The molecule has 2 aromatic rings. The molecule has 1 aliphatic carbocycles. The van der Waals surface area contributed by atoms with Crippen LogP contribution >= 0.6 is 0 Å². The first kappa shape index (κ1) is 39.0. The molecular formula is C44H53N5O7. The van der Waals surface area contributed by atoms with Gasteiger partial charge in [0.2, 0.25) is 11.8 Å². The molecule has 3 fully saturated rings. The Morgan fingerprint density at radius 2 is 1.32 bits per heavy atom. The summed E-state index contributed by atoms with van der Waals surface area (Å²) in [6.07, 6.45) is 10.8. The van der Waals surface area contributed by atoms with Crippen molar-refractivity contribution in [2.45, 2.75) is 83.0 Å². The SMILES string of the molecule is COC(=O)N[C@H](C(=O)N1CCCC1C1=CC=C(c2ccc(-c3ccc(C4=CN=C([C@@H]5CCCN5C(=O)[C@@H](NC(=O)OC)C5CCOC5)C4)cc3)cc2)C1)C(C)C. The molecule has 4 aliphatic heterocycles. The van der Waals surface area contributed by atoms with Gasteiger partial charge in [-0.15, -0.1) is 0 Å². The van der Waals surface area contributed by atoms with Crippen LogP contribution in [0.25, 0.3) is 22.3 Å². The number of hydrogen-bond donors (Lipinski definition) is 2. The van der Waals surface area contributed by atoms with Crippen molar-refractivity contribution >= 4 is 40.9 Å². The highest BCUT2D eigenvalue weighted by Crippen LogP contribution is 2.37. The zero-order valence-electron chi connectivity index (χ0n) is 32.8. The number of nitrogens with one attached hydrogen (secondary N) is 2. The zero-order chi connectivity index (χ0) is 39.3. The third-order valence-corrected chi connectivity index (χ3v) is 11.9. The van der Waals surface area contributed by atoms with Crippen molar-refractivity contribution in [2.24, 2.45) is 16.8 Å². The second kappa shape index (κ2) is 17.3. The molecule has 0 saturated carbocycles. The number of benzene rings is 2. The van der Waals surface area contributed by atoms with Crippen LogP contribution in [0.1, 0.15) is 69.9 Å². The maximum absolute atomic E-state index is 13.8. The first-order chi connectivity index (χ1) is 27.1. The van der Waals surface area contributed by atoms with Crippen LogP contribution in [-0.4, -0.2) is 104 Å². The molecule has 4 amide bonds. The lowest BCUT2D eigenvalue weighted by Gasteiger charge is -2.31. The van der Waals surface area contributed by atoms with E-state index in [1.54, 1.807) is 0 Å². The molecule has 12 heteroatoms. The third-order valence-electron chi connectivity index (χ3n) is 11.9. The molecule has 12 nitrogen and oxygen atoms in total. The monoisotopic (exact) mass is 763 g/mol. The zero-order valence-corrected chi connectivity index (χ0v) is 32.8. The summed E-state index contributed by atoms with van der Waals surface area (Å²) in [5.74, 6) is -0.305. The summed E-state index contributed by atoms with van der Waals surface area (Å²) in [4.78, 5) is 60.2. The largest absolute Gasteiger partial charge is 0.453 e. The number of carbonyl (C=O) groups excluding carboxylic acids is 4. The number of nitrogens with zero attached hydrogens (tertiary/aromatic N) is 3. The Morgan fingerprint density at radius 3 is 1.93 bits per heavy atom. The first-order valence-electron chi connectivity index (χ1n) is 19.9. The summed E-state index contributed by atoms with van der Waals surface area (Å²) in [6, 6.07) is 15.8. The lowest BCUT2D eigenvalue weighted by atomic mass is 9.94. The molecule has 5 atom stereocenters. The van der Waals surface area contributed by atoms with Crippen LogP contribution in [0.3, 0.4) is 0 Å². The average molecular weight is 764 g/mol. The molecule has 0 radical (unpaired) electrons. The molecule has 4 heterocycles. The van der Waals surface area contributed by atoms with E-state index in [0.29, 0.717) is 39.1 Å². The number of allylic oxidation sites excluding steroid dienone is 4. The maximum atomic E-state index is 13.8. The summed E-state index contributed by atoms with van der Waals surface area (Å²) in [7, 11) is 2.62. The van der Waals surface area contributed by atoms with E-state index >= 15 is 0 Å². The van der Waals surface area contributed by atoms with Crippen molar-refractivity contribution in [3.63, 3.8) is 0 Å². The van der Waals surface area contributed by atoms with Crippen molar-refractivity contribution in [3.05, 3.63) is 83.6 Å². The van der Waals surface area contributed by atoms with Gasteiger partial charge in [-0.3, -0.25) is 14.6 Å². The lowest BCUT2D eigenvalue weighted by Crippen LogP contribution is -2.54. The van der Waals surface area contributed by atoms with Gasteiger partial charge < -0.3 is 34.6 Å². The van der Waals surface area contributed by atoms with Gasteiger partial charge in [-0.25, -0.2) is 9.59 Å². The molecule has 2 aromatic carbocycles. The summed E-state index contributed by atoms with van der Waals surface area (Å²) in [5, 5.41) is 5.52. The molecule has 296 valence electrons. The van der Waals surface area contributed by atoms with E-state index in [0.717, 1.165) is 65.6 Å². The Balaban J connectivity index is 0.939. The minimum Gasteiger partial charge on any atom is -0.453 e. The van der Waals surface area contributed by atoms with Crippen molar-refractivity contribution in [3.8, 4) is 11.1 Å². The van der Waals surface area contributed by atoms with Crippen LogP contribution in [0.5, 0.6) is 0 Å². The number of aliphatic imine (C=N–C) groups is 1. The van der Waals surface area contributed by atoms with Crippen molar-refractivity contribution in [1.82, 2.24) is 20.4 Å². The molecule has 5 aliphatic rings. The predicted octanol–water partition coefficient (Wildman–Crippen LogP) is 6.38. The molecule has 56 heavy (non-hydrogen) atoms. The van der Waals surface area contributed by atoms with Crippen LogP contribution in [0.2, 0.25) is 0 Å². The standard InChI is InChI=1S/C44H53N5O7/c1-27(2)39(46-43(52)54-3)41(50)48-20-5-7-37(48)33-18-17-32(23-33)30-13-9-28(10-14-30)29-11-15-31(16-12-29)35-24-36(45-25-35)38-8-6-21-49(38)42(51)40(47-44(53)55-4)34-19-22-56-26-34/h9-18,25,27,34,37-40H,5-8,19-24,26H2,1-4H3,(H,46,52)(H,47,53)/t34?,37?,38-,39-,40-/m0/s1. The third kappa shape index (κ3) is 8.30. The second-order valence-corrected chi connectivity index (χ2v) is 15.7. The fourth-order valence-corrected chi connectivity index (χ4v) is 8.79. The molecule has 2 N–H and O–H groups in total. The summed E-state index contributed by atoms with van der Waals surface area (Å²) >= 11 is 0. The quantitative estimate of drug-likeness (QED) is 0.271. The van der Waals surface area contributed by atoms with Gasteiger partial charge in [-0.05, 0) is 83.4 Å². The highest BCUT2D eigenvalue weighted by Gasteiger charge is 2.42. The topological polar surface area (TPSA) is 139 Å². The van der Waals surface area contributed by atoms with E-state index in [1.165, 1.54) is 25.4 Å². The van der Waals surface area contributed by atoms with Crippen molar-refractivity contribution in [1.29, 1.82) is 0 Å². The van der Waals surface area contributed by atoms with Crippen LogP contribution < -0.4 is 10.6 Å². The minimum absolute atomic E-state index is 0.0191. The normalized spacial score (nSPS) is 23.0. The lowest BCUT2D eigenvalue weighted by molar-refractivity contribution is -0.135. The van der Waals surface area contributed by atoms with Crippen LogP contribution in [0, 0.1) is 11.8 Å². The summed E-state index contributed by atoms with van der Waals surface area (Å²) in [5.41, 5.74) is 9.05. The smallest absolute Gasteiger partial charge is 0.407 e. The highest BCUT2D eigenvalue weighted by atomic mass is 16.5. The van der Waals surface area contributed by atoms with Gasteiger partial charge in [0, 0.05) is 43.9 Å². The van der Waals surface area contributed by atoms with Gasteiger partial charge in [0.25, 0.3) is 0 Å². The van der Waals surface area contributed by atoms with Crippen molar-refractivity contribution in [2.75, 3.05) is 40.5 Å². The molecule has 7 rings (SSSR count). The average Bonchev–Trinajstić information content (AvgIpc) is 4.07. The van der Waals surface area contributed by atoms with Crippen molar-refractivity contribution < 1.29 is 33.4 Å². The summed E-state index contributed by atoms with van der Waals surface area (Å²) < 4.78 is 15.2. The van der Waals surface area contributed by atoms with E-state index < -0.39 is 24.3 Å². The Kier molecular flexibility index (Phi) is 12.0. The fraction of sp³-hybridized carbons (Fsp3) is 0.477.